The molecule has 1 saturated carbocycles. The lowest BCUT2D eigenvalue weighted by molar-refractivity contribution is 0.620. The summed E-state index contributed by atoms with van der Waals surface area (Å²) in [5, 5.41) is 0.803. The van der Waals surface area contributed by atoms with Crippen LogP contribution in [0.25, 0.3) is 10.9 Å². The highest BCUT2D eigenvalue weighted by Crippen LogP contribution is 2.38. The van der Waals surface area contributed by atoms with E-state index in [4.69, 9.17) is 0 Å². The van der Waals surface area contributed by atoms with Crippen molar-refractivity contribution in [3.05, 3.63) is 43.9 Å². The first-order valence-corrected chi connectivity index (χ1v) is 6.80. The highest BCUT2D eigenvalue weighted by molar-refractivity contribution is 9.10. The Morgan fingerprint density at radius 2 is 2.00 bits per heavy atom. The molecule has 1 aliphatic rings. The Labute approximate surface area is 113 Å². The number of pyridine rings is 1. The van der Waals surface area contributed by atoms with Crippen LogP contribution in [0.1, 0.15) is 30.0 Å². The van der Waals surface area contributed by atoms with Gasteiger partial charge in [-0.1, -0.05) is 0 Å². The van der Waals surface area contributed by atoms with Crippen LogP contribution in [0.3, 0.4) is 0 Å². The second-order valence-corrected chi connectivity index (χ2v) is 5.76. The molecule has 2 nitrogen and oxygen atoms in total. The van der Waals surface area contributed by atoms with Gasteiger partial charge in [-0.15, -0.1) is 0 Å². The lowest BCUT2D eigenvalue weighted by Gasteiger charge is -2.14. The van der Waals surface area contributed by atoms with Crippen LogP contribution in [-0.4, -0.2) is 4.57 Å². The number of aryl methyl sites for hydroxylation is 2. The summed E-state index contributed by atoms with van der Waals surface area (Å²) in [6.45, 7) is 3.64. The smallest absolute Gasteiger partial charge is 0.254 e. The number of fused-ring (bicyclic) bond motifs is 1. The van der Waals surface area contributed by atoms with Crippen molar-refractivity contribution in [1.29, 1.82) is 0 Å². The molecule has 0 N–H and O–H groups in total. The van der Waals surface area contributed by atoms with E-state index in [1.54, 1.807) is 13.0 Å². The topological polar surface area (TPSA) is 22.0 Å². The number of aromatic nitrogens is 1. The summed E-state index contributed by atoms with van der Waals surface area (Å²) >= 11 is 3.26. The Hall–Kier alpha value is -1.16. The maximum Gasteiger partial charge on any atom is 0.254 e. The molecule has 0 spiro atoms. The molecule has 0 unspecified atom stereocenters. The maximum atomic E-state index is 13.8. The Morgan fingerprint density at radius 1 is 1.33 bits per heavy atom. The standard InChI is InChI=1S/C14H13BrFNO/c1-7-5-9-6-11(16)12(15)8(2)13(9)17(14(7)18)10-3-4-10/h5-6,10H,3-4H2,1-2H3. The zero-order valence-electron chi connectivity index (χ0n) is 10.3. The summed E-state index contributed by atoms with van der Waals surface area (Å²) < 4.78 is 16.0. The Morgan fingerprint density at radius 3 is 2.61 bits per heavy atom. The van der Waals surface area contributed by atoms with E-state index in [1.807, 2.05) is 11.5 Å². The van der Waals surface area contributed by atoms with Crippen LogP contribution >= 0.6 is 15.9 Å². The lowest BCUT2D eigenvalue weighted by Crippen LogP contribution is -2.22. The molecule has 94 valence electrons. The van der Waals surface area contributed by atoms with Gasteiger partial charge in [0.05, 0.1) is 9.99 Å². The van der Waals surface area contributed by atoms with Crippen LogP contribution in [0.5, 0.6) is 0 Å². The first-order chi connectivity index (χ1) is 8.50. The summed E-state index contributed by atoms with van der Waals surface area (Å²) in [5.74, 6) is -0.277. The number of benzene rings is 1. The molecule has 1 fully saturated rings. The van der Waals surface area contributed by atoms with E-state index in [0.717, 1.165) is 29.3 Å². The van der Waals surface area contributed by atoms with Crippen molar-refractivity contribution in [1.82, 2.24) is 4.57 Å². The van der Waals surface area contributed by atoms with Crippen LogP contribution < -0.4 is 5.56 Å². The van der Waals surface area contributed by atoms with Crippen molar-refractivity contribution in [3.63, 3.8) is 0 Å². The molecular weight excluding hydrogens is 297 g/mol. The van der Waals surface area contributed by atoms with Crippen LogP contribution in [0.4, 0.5) is 4.39 Å². The van der Waals surface area contributed by atoms with Gasteiger partial charge in [0.1, 0.15) is 5.82 Å². The molecule has 1 heterocycles. The van der Waals surface area contributed by atoms with E-state index < -0.39 is 0 Å². The third-order valence-corrected chi connectivity index (χ3v) is 4.50. The molecule has 0 saturated heterocycles. The van der Waals surface area contributed by atoms with E-state index in [1.165, 1.54) is 6.07 Å². The summed E-state index contributed by atoms with van der Waals surface area (Å²) in [4.78, 5) is 12.3. The number of nitrogens with zero attached hydrogens (tertiary/aromatic N) is 1. The SMILES string of the molecule is Cc1cc2cc(F)c(Br)c(C)c2n(C2CC2)c1=O. The van der Waals surface area contributed by atoms with Gasteiger partial charge in [-0.3, -0.25) is 4.79 Å². The van der Waals surface area contributed by atoms with Gasteiger partial charge >= 0.3 is 0 Å². The van der Waals surface area contributed by atoms with E-state index in [0.29, 0.717) is 10.0 Å². The van der Waals surface area contributed by atoms with Gasteiger partial charge in [0.25, 0.3) is 5.56 Å². The molecule has 18 heavy (non-hydrogen) atoms. The third kappa shape index (κ3) is 1.62. The minimum atomic E-state index is -0.277. The first-order valence-electron chi connectivity index (χ1n) is 6.01. The number of rotatable bonds is 1. The minimum absolute atomic E-state index is 0.0478. The zero-order valence-corrected chi connectivity index (χ0v) is 11.8. The summed E-state index contributed by atoms with van der Waals surface area (Å²) in [6.07, 6.45) is 2.07. The molecule has 4 heteroatoms. The van der Waals surface area contributed by atoms with Crippen molar-refractivity contribution < 1.29 is 4.39 Å². The predicted octanol–water partition coefficient (Wildman–Crippen LogP) is 3.85. The van der Waals surface area contributed by atoms with Gasteiger partial charge in [-0.2, -0.15) is 0 Å². The van der Waals surface area contributed by atoms with Crippen molar-refractivity contribution in [2.24, 2.45) is 0 Å². The molecule has 1 aromatic carbocycles. The van der Waals surface area contributed by atoms with E-state index in [9.17, 15) is 9.18 Å². The van der Waals surface area contributed by atoms with Gasteiger partial charge < -0.3 is 4.57 Å². The fourth-order valence-electron chi connectivity index (χ4n) is 2.47. The molecule has 0 radical (unpaired) electrons. The monoisotopic (exact) mass is 309 g/mol. The van der Waals surface area contributed by atoms with Crippen LogP contribution in [0, 0.1) is 19.7 Å². The van der Waals surface area contributed by atoms with E-state index >= 15 is 0 Å². The predicted molar refractivity (Wildman–Crippen MR) is 73.6 cm³/mol. The Bertz CT molecular complexity index is 716. The zero-order chi connectivity index (χ0) is 13.0. The fourth-order valence-corrected chi connectivity index (χ4v) is 2.77. The highest BCUT2D eigenvalue weighted by Gasteiger charge is 2.28. The highest BCUT2D eigenvalue weighted by atomic mass is 79.9. The molecule has 1 aliphatic carbocycles. The molecule has 0 atom stereocenters. The van der Waals surface area contributed by atoms with Gasteiger partial charge in [0.2, 0.25) is 0 Å². The third-order valence-electron chi connectivity index (χ3n) is 3.53. The average Bonchev–Trinajstić information content (AvgIpc) is 3.13. The number of halogens is 2. The number of hydrogen-bond donors (Lipinski definition) is 0. The summed E-state index contributed by atoms with van der Waals surface area (Å²) in [7, 11) is 0. The summed E-state index contributed by atoms with van der Waals surface area (Å²) in [6, 6.07) is 3.56. The molecule has 1 aromatic heterocycles. The van der Waals surface area contributed by atoms with Crippen molar-refractivity contribution in [3.8, 4) is 0 Å². The van der Waals surface area contributed by atoms with Gasteiger partial charge in [0, 0.05) is 17.0 Å². The average molecular weight is 310 g/mol. The second kappa shape index (κ2) is 3.92. The lowest BCUT2D eigenvalue weighted by atomic mass is 10.1. The van der Waals surface area contributed by atoms with Gasteiger partial charge in [0.15, 0.2) is 0 Å². The number of hydrogen-bond acceptors (Lipinski definition) is 1. The van der Waals surface area contributed by atoms with Crippen molar-refractivity contribution in [2.75, 3.05) is 0 Å². The quantitative estimate of drug-likeness (QED) is 0.784. The summed E-state index contributed by atoms with van der Waals surface area (Å²) in [5.41, 5.74) is 2.39. The van der Waals surface area contributed by atoms with Crippen LogP contribution in [0.15, 0.2) is 21.4 Å². The fraction of sp³-hybridized carbons (Fsp3) is 0.357. The van der Waals surface area contributed by atoms with Crippen molar-refractivity contribution in [2.45, 2.75) is 32.7 Å². The maximum absolute atomic E-state index is 13.8. The second-order valence-electron chi connectivity index (χ2n) is 4.97. The molecule has 3 rings (SSSR count). The molecule has 0 amide bonds. The molecule has 2 aromatic rings. The largest absolute Gasteiger partial charge is 0.305 e. The van der Waals surface area contributed by atoms with Crippen LogP contribution in [-0.2, 0) is 0 Å². The molecule has 0 aliphatic heterocycles. The Balaban J connectivity index is 2.53. The minimum Gasteiger partial charge on any atom is -0.305 e. The van der Waals surface area contributed by atoms with Gasteiger partial charge in [-0.05, 0) is 60.3 Å². The van der Waals surface area contributed by atoms with Gasteiger partial charge in [-0.25, -0.2) is 4.39 Å². The molecular formula is C14H13BrFNO. The normalized spacial score (nSPS) is 15.3. The first kappa shape index (κ1) is 11.9. The molecule has 0 bridgehead atoms. The Kier molecular flexibility index (Phi) is 2.59. The van der Waals surface area contributed by atoms with Crippen LogP contribution in [0.2, 0.25) is 0 Å². The van der Waals surface area contributed by atoms with E-state index in [-0.39, 0.29) is 17.4 Å². The van der Waals surface area contributed by atoms with E-state index in [2.05, 4.69) is 15.9 Å². The van der Waals surface area contributed by atoms with Crippen molar-refractivity contribution >= 4 is 26.8 Å².